The maximum absolute atomic E-state index is 9.43. The SMILES string of the molecule is COC1Cc2ccccc2C(C)(OC)N1CCc1ccc(O)cc1.Cl. The fourth-order valence-electron chi connectivity index (χ4n) is 3.59. The zero-order valence-corrected chi connectivity index (χ0v) is 15.8. The molecule has 0 radical (unpaired) electrons. The van der Waals surface area contributed by atoms with Crippen molar-refractivity contribution in [3.8, 4) is 5.75 Å². The molecule has 1 aliphatic heterocycles. The van der Waals surface area contributed by atoms with Crippen molar-refractivity contribution in [2.24, 2.45) is 0 Å². The van der Waals surface area contributed by atoms with Crippen LogP contribution in [0.1, 0.15) is 23.6 Å². The zero-order chi connectivity index (χ0) is 17.2. The van der Waals surface area contributed by atoms with E-state index in [4.69, 9.17) is 9.47 Å². The van der Waals surface area contributed by atoms with Crippen LogP contribution in [-0.4, -0.2) is 37.0 Å². The van der Waals surface area contributed by atoms with Gasteiger partial charge in [0.2, 0.25) is 0 Å². The Bertz CT molecular complexity index is 692. The molecule has 0 bridgehead atoms. The van der Waals surface area contributed by atoms with Gasteiger partial charge in [0, 0.05) is 32.7 Å². The van der Waals surface area contributed by atoms with Gasteiger partial charge in [-0.15, -0.1) is 12.4 Å². The quantitative estimate of drug-likeness (QED) is 0.879. The fourth-order valence-corrected chi connectivity index (χ4v) is 3.59. The van der Waals surface area contributed by atoms with Gasteiger partial charge in [-0.25, -0.2) is 4.90 Å². The van der Waals surface area contributed by atoms with Crippen LogP contribution in [0.25, 0.3) is 0 Å². The minimum absolute atomic E-state index is 0. The standard InChI is InChI=1S/C20H25NO3.ClH/c1-20(24-3)18-7-5-4-6-16(18)14-19(23-2)21(20)13-12-15-8-10-17(22)11-9-15;/h4-11,19,22H,12-14H2,1-3H3;1H. The van der Waals surface area contributed by atoms with Crippen LogP contribution in [0.2, 0.25) is 0 Å². The maximum Gasteiger partial charge on any atom is 0.146 e. The summed E-state index contributed by atoms with van der Waals surface area (Å²) >= 11 is 0. The summed E-state index contributed by atoms with van der Waals surface area (Å²) in [4.78, 5) is 2.28. The normalized spacial score (nSPS) is 22.9. The Morgan fingerprint density at radius 1 is 1.12 bits per heavy atom. The van der Waals surface area contributed by atoms with Gasteiger partial charge in [-0.3, -0.25) is 0 Å². The molecule has 3 rings (SSSR count). The lowest BCUT2D eigenvalue weighted by Gasteiger charge is -2.48. The third-order valence-corrected chi connectivity index (χ3v) is 5.05. The minimum Gasteiger partial charge on any atom is -0.508 e. The molecule has 136 valence electrons. The van der Waals surface area contributed by atoms with Gasteiger partial charge in [0.25, 0.3) is 0 Å². The number of aromatic hydroxyl groups is 1. The second-order valence-corrected chi connectivity index (χ2v) is 6.35. The van der Waals surface area contributed by atoms with Crippen LogP contribution in [0, 0.1) is 0 Å². The molecule has 4 nitrogen and oxygen atoms in total. The van der Waals surface area contributed by atoms with Crippen molar-refractivity contribution in [2.45, 2.75) is 31.7 Å². The van der Waals surface area contributed by atoms with E-state index >= 15 is 0 Å². The van der Waals surface area contributed by atoms with Crippen molar-refractivity contribution >= 4 is 12.4 Å². The van der Waals surface area contributed by atoms with E-state index in [1.54, 1.807) is 26.4 Å². The first-order valence-corrected chi connectivity index (χ1v) is 8.29. The number of phenolic OH excluding ortho intramolecular Hbond substituents is 1. The Balaban J connectivity index is 0.00000225. The molecule has 2 atom stereocenters. The Labute approximate surface area is 155 Å². The van der Waals surface area contributed by atoms with Crippen LogP contribution in [0.15, 0.2) is 48.5 Å². The molecule has 0 amide bonds. The van der Waals surface area contributed by atoms with Gasteiger partial charge in [0.05, 0.1) is 0 Å². The number of nitrogens with zero attached hydrogens (tertiary/aromatic N) is 1. The molecular formula is C20H26ClNO3. The lowest BCUT2D eigenvalue weighted by atomic mass is 9.89. The van der Waals surface area contributed by atoms with E-state index < -0.39 is 5.72 Å². The largest absolute Gasteiger partial charge is 0.508 e. The number of ether oxygens (including phenoxy) is 2. The highest BCUT2D eigenvalue weighted by Gasteiger charge is 2.43. The smallest absolute Gasteiger partial charge is 0.146 e. The van der Waals surface area contributed by atoms with E-state index in [0.29, 0.717) is 5.75 Å². The molecule has 0 saturated heterocycles. The first-order valence-electron chi connectivity index (χ1n) is 8.29. The van der Waals surface area contributed by atoms with Gasteiger partial charge in [-0.1, -0.05) is 36.4 Å². The van der Waals surface area contributed by atoms with E-state index in [1.807, 2.05) is 12.1 Å². The number of hydrogen-bond donors (Lipinski definition) is 1. The predicted octanol–water partition coefficient (Wildman–Crippen LogP) is 3.71. The monoisotopic (exact) mass is 363 g/mol. The molecule has 1 N–H and O–H groups in total. The molecule has 5 heteroatoms. The molecule has 25 heavy (non-hydrogen) atoms. The van der Waals surface area contributed by atoms with Crippen LogP contribution >= 0.6 is 12.4 Å². The Morgan fingerprint density at radius 3 is 2.44 bits per heavy atom. The summed E-state index contributed by atoms with van der Waals surface area (Å²) in [6.45, 7) is 2.91. The molecule has 0 saturated carbocycles. The number of fused-ring (bicyclic) bond motifs is 1. The first kappa shape index (κ1) is 19.7. The van der Waals surface area contributed by atoms with Crippen LogP contribution in [0.5, 0.6) is 5.75 Å². The number of hydrogen-bond acceptors (Lipinski definition) is 4. The van der Waals surface area contributed by atoms with Crippen LogP contribution in [0.4, 0.5) is 0 Å². The summed E-state index contributed by atoms with van der Waals surface area (Å²) in [5, 5.41) is 9.43. The van der Waals surface area contributed by atoms with Gasteiger partial charge in [0.1, 0.15) is 17.7 Å². The van der Waals surface area contributed by atoms with E-state index in [-0.39, 0.29) is 18.6 Å². The molecule has 0 fully saturated rings. The third-order valence-electron chi connectivity index (χ3n) is 5.05. The van der Waals surface area contributed by atoms with Crippen molar-refractivity contribution in [3.63, 3.8) is 0 Å². The number of phenols is 1. The van der Waals surface area contributed by atoms with Gasteiger partial charge in [0.15, 0.2) is 0 Å². The molecule has 1 aliphatic rings. The zero-order valence-electron chi connectivity index (χ0n) is 14.9. The van der Waals surface area contributed by atoms with E-state index in [2.05, 4.69) is 36.1 Å². The molecule has 0 aromatic heterocycles. The van der Waals surface area contributed by atoms with Gasteiger partial charge in [-0.05, 0) is 36.6 Å². The van der Waals surface area contributed by atoms with Crippen LogP contribution < -0.4 is 0 Å². The van der Waals surface area contributed by atoms with Crippen LogP contribution in [-0.2, 0) is 28.0 Å². The average Bonchev–Trinajstić information content (AvgIpc) is 2.62. The Morgan fingerprint density at radius 2 is 1.80 bits per heavy atom. The Kier molecular flexibility index (Phi) is 6.47. The Hall–Kier alpha value is -1.59. The number of benzene rings is 2. The molecule has 2 aromatic carbocycles. The van der Waals surface area contributed by atoms with Crippen LogP contribution in [0.3, 0.4) is 0 Å². The summed E-state index contributed by atoms with van der Waals surface area (Å²) in [6, 6.07) is 15.8. The summed E-state index contributed by atoms with van der Waals surface area (Å²) in [5.74, 6) is 0.294. The maximum atomic E-state index is 9.43. The van der Waals surface area contributed by atoms with E-state index in [0.717, 1.165) is 19.4 Å². The minimum atomic E-state index is -0.521. The van der Waals surface area contributed by atoms with Crippen molar-refractivity contribution in [1.29, 1.82) is 0 Å². The van der Waals surface area contributed by atoms with Crippen molar-refractivity contribution in [2.75, 3.05) is 20.8 Å². The average molecular weight is 364 g/mol. The highest BCUT2D eigenvalue weighted by molar-refractivity contribution is 5.85. The highest BCUT2D eigenvalue weighted by atomic mass is 35.5. The molecule has 0 aliphatic carbocycles. The number of halogens is 1. The van der Waals surface area contributed by atoms with Gasteiger partial charge < -0.3 is 14.6 Å². The number of methoxy groups -OCH3 is 2. The van der Waals surface area contributed by atoms with Gasteiger partial charge >= 0.3 is 0 Å². The van der Waals surface area contributed by atoms with E-state index in [9.17, 15) is 5.11 Å². The summed E-state index contributed by atoms with van der Waals surface area (Å²) in [6.07, 6.45) is 1.68. The summed E-state index contributed by atoms with van der Waals surface area (Å²) < 4.78 is 11.7. The molecular weight excluding hydrogens is 338 g/mol. The molecule has 2 unspecified atom stereocenters. The topological polar surface area (TPSA) is 41.9 Å². The van der Waals surface area contributed by atoms with E-state index in [1.165, 1.54) is 16.7 Å². The lowest BCUT2D eigenvalue weighted by Crippen LogP contribution is -2.56. The molecule has 1 heterocycles. The third kappa shape index (κ3) is 3.82. The second kappa shape index (κ2) is 8.19. The van der Waals surface area contributed by atoms with Gasteiger partial charge in [-0.2, -0.15) is 0 Å². The molecule has 0 spiro atoms. The number of rotatable bonds is 5. The fraction of sp³-hybridized carbons (Fsp3) is 0.400. The second-order valence-electron chi connectivity index (χ2n) is 6.35. The highest BCUT2D eigenvalue weighted by Crippen LogP contribution is 2.39. The van der Waals surface area contributed by atoms with Crippen molar-refractivity contribution in [1.82, 2.24) is 4.90 Å². The summed E-state index contributed by atoms with van der Waals surface area (Å²) in [7, 11) is 3.50. The molecule has 2 aromatic rings. The van der Waals surface area contributed by atoms with Crippen molar-refractivity contribution < 1.29 is 14.6 Å². The van der Waals surface area contributed by atoms with Crippen molar-refractivity contribution in [3.05, 3.63) is 65.2 Å². The lowest BCUT2D eigenvalue weighted by molar-refractivity contribution is -0.207. The summed E-state index contributed by atoms with van der Waals surface area (Å²) in [5.41, 5.74) is 3.13. The first-order chi connectivity index (χ1) is 11.6. The predicted molar refractivity (Wildman–Crippen MR) is 101 cm³/mol.